The molecule has 0 saturated heterocycles. The molecule has 21 heavy (non-hydrogen) atoms. The predicted molar refractivity (Wildman–Crippen MR) is 81.9 cm³/mol. The number of nitrogens with two attached hydrogens (primary N) is 1. The third-order valence-corrected chi connectivity index (χ3v) is 4.32. The zero-order chi connectivity index (χ0) is 16.0. The van der Waals surface area contributed by atoms with Gasteiger partial charge < -0.3 is 16.2 Å². The molecular formula is C14H17N3O3S. The highest BCUT2D eigenvalue weighted by Crippen LogP contribution is 2.27. The van der Waals surface area contributed by atoms with Crippen LogP contribution in [0, 0.1) is 11.3 Å². The van der Waals surface area contributed by atoms with Crippen LogP contribution in [0.25, 0.3) is 0 Å². The number of carbonyl (C=O) groups excluding carboxylic acids is 1. The van der Waals surface area contributed by atoms with E-state index < -0.39 is 16.8 Å². The molecule has 4 N–H and O–H groups in total. The fourth-order valence-corrected chi connectivity index (χ4v) is 2.37. The molecule has 1 atom stereocenters. The van der Waals surface area contributed by atoms with Gasteiger partial charge in [0.05, 0.1) is 17.0 Å². The minimum absolute atomic E-state index is 0.0493. The molecule has 1 rings (SSSR count). The molecule has 0 heterocycles. The number of nitrogens with zero attached hydrogens (tertiary/aromatic N) is 1. The first kappa shape index (κ1) is 17.0. The minimum atomic E-state index is -1.11. The quantitative estimate of drug-likeness (QED) is 0.732. The maximum atomic E-state index is 11.9. The lowest BCUT2D eigenvalue weighted by atomic mass is 10.1. The summed E-state index contributed by atoms with van der Waals surface area (Å²) < 4.78 is -0.780. The van der Waals surface area contributed by atoms with Gasteiger partial charge >= 0.3 is 5.97 Å². The van der Waals surface area contributed by atoms with E-state index in [1.807, 2.05) is 6.07 Å². The molecule has 0 saturated carbocycles. The second-order valence-corrected chi connectivity index (χ2v) is 6.54. The molecule has 0 fully saturated rings. The van der Waals surface area contributed by atoms with Crippen molar-refractivity contribution < 1.29 is 14.7 Å². The Kier molecular flexibility index (Phi) is 5.76. The van der Waals surface area contributed by atoms with Gasteiger partial charge in [0.25, 0.3) is 0 Å². The number of anilines is 1. The summed E-state index contributed by atoms with van der Waals surface area (Å²) >= 11 is 1.16. The number of thioether (sulfide) groups is 1. The Labute approximate surface area is 127 Å². The summed E-state index contributed by atoms with van der Waals surface area (Å²) in [6, 6.07) is 7.58. The lowest BCUT2D eigenvalue weighted by Crippen LogP contribution is -2.47. The largest absolute Gasteiger partial charge is 0.480 e. The molecule has 0 aliphatic carbocycles. The van der Waals surface area contributed by atoms with Gasteiger partial charge in [0.15, 0.2) is 0 Å². The normalized spacial score (nSPS) is 12.3. The van der Waals surface area contributed by atoms with Crippen LogP contribution in [0.1, 0.15) is 19.4 Å². The molecule has 0 aliphatic rings. The van der Waals surface area contributed by atoms with E-state index in [0.717, 1.165) is 11.8 Å². The van der Waals surface area contributed by atoms with Gasteiger partial charge in [-0.1, -0.05) is 12.1 Å². The van der Waals surface area contributed by atoms with E-state index in [1.165, 1.54) is 0 Å². The number of amides is 1. The van der Waals surface area contributed by atoms with Gasteiger partial charge in [0.2, 0.25) is 5.91 Å². The summed E-state index contributed by atoms with van der Waals surface area (Å²) in [6.07, 6.45) is 0. The van der Waals surface area contributed by atoms with Crippen LogP contribution >= 0.6 is 11.8 Å². The Morgan fingerprint density at radius 2 is 2.10 bits per heavy atom. The maximum absolute atomic E-state index is 11.9. The Hall–Kier alpha value is -2.04. The van der Waals surface area contributed by atoms with Crippen molar-refractivity contribution in [1.29, 1.82) is 5.26 Å². The van der Waals surface area contributed by atoms with E-state index in [1.54, 1.807) is 38.1 Å². The van der Waals surface area contributed by atoms with E-state index in [2.05, 4.69) is 5.32 Å². The molecule has 1 aromatic carbocycles. The van der Waals surface area contributed by atoms with Crippen LogP contribution in [0.15, 0.2) is 24.3 Å². The Balaban J connectivity index is 2.63. The van der Waals surface area contributed by atoms with Crippen molar-refractivity contribution in [2.75, 3.05) is 11.1 Å². The number of carboxylic acids is 1. The summed E-state index contributed by atoms with van der Waals surface area (Å²) in [4.78, 5) is 22.8. The number of hydrogen-bond acceptors (Lipinski definition) is 5. The summed E-state index contributed by atoms with van der Waals surface area (Å²) in [5.74, 6) is -1.37. The number of carbonyl (C=O) groups is 2. The van der Waals surface area contributed by atoms with Gasteiger partial charge in [-0.25, -0.2) is 0 Å². The minimum Gasteiger partial charge on any atom is -0.480 e. The van der Waals surface area contributed by atoms with Gasteiger partial charge in [-0.2, -0.15) is 5.26 Å². The Morgan fingerprint density at radius 3 is 2.67 bits per heavy atom. The van der Waals surface area contributed by atoms with Crippen LogP contribution in [0.3, 0.4) is 0 Å². The first-order valence-corrected chi connectivity index (χ1v) is 7.18. The standard InChI is InChI=1S/C14H17N3O3S/c1-14(2,12(16)13(19)20)21-8-11(18)17-10-6-4-3-5-9(10)7-15/h3-6,12H,8,16H2,1-2H3,(H,17,18)(H,19,20)/t12-/m0/s1. The molecule has 1 aromatic rings. The lowest BCUT2D eigenvalue weighted by molar-refractivity contribution is -0.139. The fourth-order valence-electron chi connectivity index (χ4n) is 1.51. The van der Waals surface area contributed by atoms with Crippen LogP contribution in [0.4, 0.5) is 5.69 Å². The average molecular weight is 307 g/mol. The molecule has 0 aromatic heterocycles. The second-order valence-electron chi connectivity index (χ2n) is 4.91. The van der Waals surface area contributed by atoms with Crippen LogP contribution in [-0.4, -0.2) is 33.5 Å². The summed E-state index contributed by atoms with van der Waals surface area (Å²) in [5, 5.41) is 20.5. The Bertz CT molecular complexity index is 581. The van der Waals surface area contributed by atoms with Crippen molar-refractivity contribution in [3.63, 3.8) is 0 Å². The van der Waals surface area contributed by atoms with Crippen molar-refractivity contribution in [1.82, 2.24) is 0 Å². The topological polar surface area (TPSA) is 116 Å². The average Bonchev–Trinajstić information content (AvgIpc) is 2.45. The summed E-state index contributed by atoms with van der Waals surface area (Å²) in [5.41, 5.74) is 6.39. The van der Waals surface area contributed by atoms with Gasteiger partial charge in [-0.3, -0.25) is 9.59 Å². The van der Waals surface area contributed by atoms with Gasteiger partial charge in [0, 0.05) is 4.75 Å². The molecule has 6 nitrogen and oxygen atoms in total. The number of carboxylic acid groups (broad SMARTS) is 1. The van der Waals surface area contributed by atoms with Crippen LogP contribution < -0.4 is 11.1 Å². The zero-order valence-corrected chi connectivity index (χ0v) is 12.6. The number of rotatable bonds is 6. The third-order valence-electron chi connectivity index (χ3n) is 2.91. The molecule has 7 heteroatoms. The van der Waals surface area contributed by atoms with Crippen molar-refractivity contribution >= 4 is 29.3 Å². The summed E-state index contributed by atoms with van der Waals surface area (Å²) in [7, 11) is 0. The Morgan fingerprint density at radius 1 is 1.48 bits per heavy atom. The number of hydrogen-bond donors (Lipinski definition) is 3. The third kappa shape index (κ3) is 4.77. The van der Waals surface area contributed by atoms with Crippen molar-refractivity contribution in [2.45, 2.75) is 24.6 Å². The van der Waals surface area contributed by atoms with Crippen molar-refractivity contribution in [3.05, 3.63) is 29.8 Å². The first-order chi connectivity index (χ1) is 9.77. The first-order valence-electron chi connectivity index (χ1n) is 6.19. The van der Waals surface area contributed by atoms with Gasteiger partial charge in [-0.05, 0) is 26.0 Å². The van der Waals surface area contributed by atoms with E-state index >= 15 is 0 Å². The van der Waals surface area contributed by atoms with Gasteiger partial charge in [0.1, 0.15) is 12.1 Å². The maximum Gasteiger partial charge on any atom is 0.321 e. The highest BCUT2D eigenvalue weighted by Gasteiger charge is 2.33. The molecule has 112 valence electrons. The number of para-hydroxylation sites is 1. The number of nitrogens with one attached hydrogen (secondary N) is 1. The van der Waals surface area contributed by atoms with Crippen LogP contribution in [0.2, 0.25) is 0 Å². The number of aliphatic carboxylic acids is 1. The van der Waals surface area contributed by atoms with Crippen molar-refractivity contribution in [2.24, 2.45) is 5.73 Å². The summed E-state index contributed by atoms with van der Waals surface area (Å²) in [6.45, 7) is 3.35. The fraction of sp³-hybridized carbons (Fsp3) is 0.357. The van der Waals surface area contributed by atoms with Crippen LogP contribution in [-0.2, 0) is 9.59 Å². The van der Waals surface area contributed by atoms with E-state index in [9.17, 15) is 9.59 Å². The van der Waals surface area contributed by atoms with Crippen LogP contribution in [0.5, 0.6) is 0 Å². The molecule has 1 amide bonds. The lowest BCUT2D eigenvalue weighted by Gasteiger charge is -2.27. The highest BCUT2D eigenvalue weighted by atomic mass is 32.2. The van der Waals surface area contributed by atoms with Gasteiger partial charge in [-0.15, -0.1) is 11.8 Å². The smallest absolute Gasteiger partial charge is 0.321 e. The zero-order valence-electron chi connectivity index (χ0n) is 11.8. The highest BCUT2D eigenvalue weighted by molar-refractivity contribution is 8.01. The molecule has 0 spiro atoms. The predicted octanol–water partition coefficient (Wildman–Crippen LogP) is 1.42. The monoisotopic (exact) mass is 307 g/mol. The molecule has 0 unspecified atom stereocenters. The second kappa shape index (κ2) is 7.11. The number of benzene rings is 1. The van der Waals surface area contributed by atoms with E-state index in [-0.39, 0.29) is 11.7 Å². The molecule has 0 aliphatic heterocycles. The molecular weight excluding hydrogens is 290 g/mol. The molecule has 0 radical (unpaired) electrons. The number of nitriles is 1. The van der Waals surface area contributed by atoms with E-state index in [4.69, 9.17) is 16.1 Å². The molecule has 0 bridgehead atoms. The SMILES string of the molecule is CC(C)(SCC(=O)Nc1ccccc1C#N)[C@@H](N)C(=O)O. The van der Waals surface area contributed by atoms with E-state index in [0.29, 0.717) is 11.3 Å². The van der Waals surface area contributed by atoms with Crippen molar-refractivity contribution in [3.8, 4) is 6.07 Å².